The van der Waals surface area contributed by atoms with Gasteiger partial charge in [0.05, 0.1) is 5.69 Å². The second-order valence-electron chi connectivity index (χ2n) is 7.90. The number of imidazole rings is 1. The number of piperazine rings is 1. The number of aryl methyl sites for hydroxylation is 1. The molecule has 7 nitrogen and oxygen atoms in total. The van der Waals surface area contributed by atoms with E-state index in [1.807, 2.05) is 33.7 Å². The average molecular weight is 396 g/mol. The van der Waals surface area contributed by atoms with Crippen molar-refractivity contribution < 1.29 is 9.59 Å². The first-order chi connectivity index (χ1) is 14.1. The van der Waals surface area contributed by atoms with Gasteiger partial charge in [-0.25, -0.2) is 4.98 Å². The van der Waals surface area contributed by atoms with E-state index < -0.39 is 0 Å². The van der Waals surface area contributed by atoms with Crippen LogP contribution in [0.15, 0.2) is 24.3 Å². The van der Waals surface area contributed by atoms with Gasteiger partial charge in [-0.3, -0.25) is 9.59 Å². The molecule has 0 radical (unpaired) electrons. The van der Waals surface area contributed by atoms with E-state index in [9.17, 15) is 9.59 Å². The Hall–Kier alpha value is -2.67. The average Bonchev–Trinajstić information content (AvgIpc) is 3.14. The largest absolute Gasteiger partial charge is 0.335 e. The molecule has 2 aromatic rings. The number of benzene rings is 1. The molecule has 0 saturated carbocycles. The minimum absolute atomic E-state index is 0.0447. The standard InChI is InChI=1S/C22H29N5O2/c1-3-16-8-4-5-9-17(16)23-21(28)20-24-19(18-10-6-7-11-27(18)20)22(29)26-14-12-25(2)13-15-26/h4-5,8-9H,3,6-7,10-15H2,1-2H3,(H,23,28). The first kappa shape index (κ1) is 19.6. The van der Waals surface area contributed by atoms with Gasteiger partial charge in [-0.2, -0.15) is 0 Å². The number of fused-ring (bicyclic) bond motifs is 1. The minimum atomic E-state index is -0.244. The van der Waals surface area contributed by atoms with Gasteiger partial charge in [-0.05, 0) is 44.4 Å². The van der Waals surface area contributed by atoms with Gasteiger partial charge in [-0.15, -0.1) is 0 Å². The molecule has 1 fully saturated rings. The van der Waals surface area contributed by atoms with Crippen LogP contribution in [-0.4, -0.2) is 64.4 Å². The molecule has 2 aliphatic rings. The van der Waals surface area contributed by atoms with Gasteiger partial charge < -0.3 is 19.7 Å². The van der Waals surface area contributed by atoms with Crippen LogP contribution in [0.2, 0.25) is 0 Å². The van der Waals surface area contributed by atoms with Crippen LogP contribution in [0, 0.1) is 0 Å². The molecule has 2 amide bonds. The van der Waals surface area contributed by atoms with Gasteiger partial charge in [-0.1, -0.05) is 25.1 Å². The van der Waals surface area contributed by atoms with Gasteiger partial charge in [0.25, 0.3) is 11.8 Å². The highest BCUT2D eigenvalue weighted by molar-refractivity contribution is 6.04. The maximum absolute atomic E-state index is 13.2. The number of hydrogen-bond donors (Lipinski definition) is 1. The zero-order chi connectivity index (χ0) is 20.4. The fourth-order valence-corrected chi connectivity index (χ4v) is 4.18. The van der Waals surface area contributed by atoms with E-state index in [0.29, 0.717) is 24.6 Å². The molecule has 3 heterocycles. The van der Waals surface area contributed by atoms with E-state index in [0.717, 1.165) is 62.3 Å². The zero-order valence-corrected chi connectivity index (χ0v) is 17.3. The second-order valence-corrected chi connectivity index (χ2v) is 7.90. The van der Waals surface area contributed by atoms with E-state index in [-0.39, 0.29) is 11.8 Å². The third-order valence-corrected chi connectivity index (χ3v) is 5.96. The van der Waals surface area contributed by atoms with E-state index in [1.165, 1.54) is 0 Å². The molecule has 29 heavy (non-hydrogen) atoms. The van der Waals surface area contributed by atoms with Gasteiger partial charge >= 0.3 is 0 Å². The molecule has 0 bridgehead atoms. The Morgan fingerprint density at radius 1 is 1.07 bits per heavy atom. The van der Waals surface area contributed by atoms with Crippen LogP contribution < -0.4 is 5.32 Å². The number of nitrogens with zero attached hydrogens (tertiary/aromatic N) is 4. The highest BCUT2D eigenvalue weighted by Crippen LogP contribution is 2.24. The molecular formula is C22H29N5O2. The molecule has 0 atom stereocenters. The van der Waals surface area contributed by atoms with Crippen molar-refractivity contribution in [2.24, 2.45) is 0 Å². The monoisotopic (exact) mass is 395 g/mol. The van der Waals surface area contributed by atoms with Crippen molar-refractivity contribution in [3.05, 3.63) is 47.0 Å². The molecule has 0 aliphatic carbocycles. The summed E-state index contributed by atoms with van der Waals surface area (Å²) in [5.41, 5.74) is 3.26. The van der Waals surface area contributed by atoms with Crippen molar-refractivity contribution in [3.8, 4) is 0 Å². The molecule has 1 saturated heterocycles. The molecule has 7 heteroatoms. The van der Waals surface area contributed by atoms with Crippen molar-refractivity contribution in [2.75, 3.05) is 38.5 Å². The van der Waals surface area contributed by atoms with Crippen LogP contribution in [0.5, 0.6) is 0 Å². The molecule has 1 N–H and O–H groups in total. The summed E-state index contributed by atoms with van der Waals surface area (Å²) in [6.07, 6.45) is 3.65. The lowest BCUT2D eigenvalue weighted by Gasteiger charge is -2.32. The molecule has 0 unspecified atom stereocenters. The summed E-state index contributed by atoms with van der Waals surface area (Å²) >= 11 is 0. The van der Waals surface area contributed by atoms with Crippen molar-refractivity contribution in [3.63, 3.8) is 0 Å². The molecule has 4 rings (SSSR count). The smallest absolute Gasteiger partial charge is 0.291 e. The molecule has 0 spiro atoms. The third-order valence-electron chi connectivity index (χ3n) is 5.96. The summed E-state index contributed by atoms with van der Waals surface area (Å²) in [4.78, 5) is 34.9. The van der Waals surface area contributed by atoms with E-state index in [2.05, 4.69) is 29.2 Å². The summed E-state index contributed by atoms with van der Waals surface area (Å²) in [5.74, 6) is 0.0614. The van der Waals surface area contributed by atoms with Crippen molar-refractivity contribution in [1.29, 1.82) is 0 Å². The molecule has 1 aromatic carbocycles. The Bertz CT molecular complexity index is 912. The molecule has 1 aromatic heterocycles. The number of carbonyl (C=O) groups excluding carboxylic acids is 2. The number of anilines is 1. The lowest BCUT2D eigenvalue weighted by atomic mass is 10.1. The van der Waals surface area contributed by atoms with Crippen molar-refractivity contribution in [2.45, 2.75) is 39.2 Å². The number of hydrogen-bond acceptors (Lipinski definition) is 4. The summed E-state index contributed by atoms with van der Waals surface area (Å²) in [6.45, 7) is 5.93. The number of aromatic nitrogens is 2. The normalized spacial score (nSPS) is 17.1. The van der Waals surface area contributed by atoms with Crippen LogP contribution in [0.25, 0.3) is 0 Å². The number of para-hydroxylation sites is 1. The highest BCUT2D eigenvalue weighted by Gasteiger charge is 2.31. The molecule has 154 valence electrons. The van der Waals surface area contributed by atoms with E-state index in [1.54, 1.807) is 0 Å². The van der Waals surface area contributed by atoms with E-state index in [4.69, 9.17) is 0 Å². The van der Waals surface area contributed by atoms with E-state index >= 15 is 0 Å². The summed E-state index contributed by atoms with van der Waals surface area (Å²) in [6, 6.07) is 7.81. The molecule has 2 aliphatic heterocycles. The van der Waals surface area contributed by atoms with Crippen molar-refractivity contribution >= 4 is 17.5 Å². The van der Waals surface area contributed by atoms with Crippen molar-refractivity contribution in [1.82, 2.24) is 19.4 Å². The fraction of sp³-hybridized carbons (Fsp3) is 0.500. The van der Waals surface area contributed by atoms with Gasteiger partial charge in [0.15, 0.2) is 5.82 Å². The number of amides is 2. The Morgan fingerprint density at radius 2 is 1.83 bits per heavy atom. The number of nitrogens with one attached hydrogen (secondary N) is 1. The lowest BCUT2D eigenvalue weighted by molar-refractivity contribution is 0.0657. The Kier molecular flexibility index (Phi) is 5.67. The van der Waals surface area contributed by atoms with Gasteiger partial charge in [0, 0.05) is 38.4 Å². The summed E-state index contributed by atoms with van der Waals surface area (Å²) in [5, 5.41) is 3.01. The minimum Gasteiger partial charge on any atom is -0.335 e. The quantitative estimate of drug-likeness (QED) is 0.863. The van der Waals surface area contributed by atoms with Crippen LogP contribution in [0.1, 0.15) is 52.1 Å². The topological polar surface area (TPSA) is 70.5 Å². The molecular weight excluding hydrogens is 366 g/mol. The number of rotatable bonds is 4. The maximum Gasteiger partial charge on any atom is 0.291 e. The maximum atomic E-state index is 13.2. The SMILES string of the molecule is CCc1ccccc1NC(=O)c1nc(C(=O)N2CCN(C)CC2)c2n1CCCC2. The second kappa shape index (κ2) is 8.37. The van der Waals surface area contributed by atoms with Crippen LogP contribution in [0.3, 0.4) is 0 Å². The summed E-state index contributed by atoms with van der Waals surface area (Å²) in [7, 11) is 2.07. The third kappa shape index (κ3) is 3.92. The Balaban J connectivity index is 1.62. The highest BCUT2D eigenvalue weighted by atomic mass is 16.2. The van der Waals surface area contributed by atoms with Crippen LogP contribution in [-0.2, 0) is 19.4 Å². The van der Waals surface area contributed by atoms with Gasteiger partial charge in [0.2, 0.25) is 0 Å². The van der Waals surface area contributed by atoms with Gasteiger partial charge in [0.1, 0.15) is 5.69 Å². The zero-order valence-electron chi connectivity index (χ0n) is 17.3. The summed E-state index contributed by atoms with van der Waals surface area (Å²) < 4.78 is 1.96. The number of carbonyl (C=O) groups is 2. The Morgan fingerprint density at radius 3 is 2.59 bits per heavy atom. The lowest BCUT2D eigenvalue weighted by Crippen LogP contribution is -2.47. The number of likely N-dealkylation sites (N-methyl/N-ethyl adjacent to an activating group) is 1. The first-order valence-electron chi connectivity index (χ1n) is 10.5. The van der Waals surface area contributed by atoms with Crippen LogP contribution >= 0.6 is 0 Å². The predicted molar refractivity (Wildman–Crippen MR) is 112 cm³/mol. The Labute approximate surface area is 171 Å². The van der Waals surface area contributed by atoms with Crippen LogP contribution in [0.4, 0.5) is 5.69 Å². The predicted octanol–water partition coefficient (Wildman–Crippen LogP) is 2.42. The fourth-order valence-electron chi connectivity index (χ4n) is 4.18. The first-order valence-corrected chi connectivity index (χ1v) is 10.5.